The van der Waals surface area contributed by atoms with E-state index in [1.54, 1.807) is 6.20 Å². The third-order valence-electron chi connectivity index (χ3n) is 2.77. The summed E-state index contributed by atoms with van der Waals surface area (Å²) in [4.78, 5) is 11.9. The van der Waals surface area contributed by atoms with E-state index in [1.807, 2.05) is 23.9 Å². The molecule has 17 heavy (non-hydrogen) atoms. The lowest BCUT2D eigenvalue weighted by atomic mass is 10.2. The first-order valence-electron chi connectivity index (χ1n) is 5.97. The van der Waals surface area contributed by atoms with Crippen molar-refractivity contribution < 1.29 is 4.79 Å². The molecular weight excluding hydrogens is 218 g/mol. The summed E-state index contributed by atoms with van der Waals surface area (Å²) in [5, 5.41) is 13.5. The summed E-state index contributed by atoms with van der Waals surface area (Å²) in [5.41, 5.74) is 0. The smallest absolute Gasteiger partial charge is 0.238 e. The highest BCUT2D eigenvalue weighted by Gasteiger charge is 2.21. The zero-order valence-corrected chi connectivity index (χ0v) is 10.0. The second-order valence-corrected chi connectivity index (χ2v) is 4.35. The number of nitrogens with one attached hydrogen (secondary N) is 3. The van der Waals surface area contributed by atoms with Crippen LogP contribution in [0.1, 0.15) is 6.92 Å². The van der Waals surface area contributed by atoms with Crippen LogP contribution in [0.15, 0.2) is 18.5 Å². The van der Waals surface area contributed by atoms with Gasteiger partial charge < -0.3 is 16.0 Å². The zero-order valence-electron chi connectivity index (χ0n) is 10.0. The molecule has 0 aromatic carbocycles. The quantitative estimate of drug-likeness (QED) is 0.625. The summed E-state index contributed by atoms with van der Waals surface area (Å²) in [7, 11) is 0. The van der Waals surface area contributed by atoms with Crippen LogP contribution in [0.2, 0.25) is 0 Å². The van der Waals surface area contributed by atoms with Crippen molar-refractivity contribution in [2.75, 3.05) is 19.6 Å². The van der Waals surface area contributed by atoms with Crippen molar-refractivity contribution in [2.24, 2.45) is 0 Å². The molecule has 1 fully saturated rings. The zero-order chi connectivity index (χ0) is 12.1. The van der Waals surface area contributed by atoms with Crippen LogP contribution in [0.5, 0.6) is 0 Å². The molecule has 0 radical (unpaired) electrons. The maximum atomic E-state index is 11.9. The second kappa shape index (κ2) is 5.79. The molecule has 0 bridgehead atoms. The van der Waals surface area contributed by atoms with Crippen LogP contribution in [-0.2, 0) is 11.3 Å². The Morgan fingerprint density at radius 3 is 3.18 bits per heavy atom. The van der Waals surface area contributed by atoms with Gasteiger partial charge in [0.2, 0.25) is 5.91 Å². The van der Waals surface area contributed by atoms with E-state index in [-0.39, 0.29) is 18.0 Å². The first-order valence-corrected chi connectivity index (χ1v) is 5.97. The van der Waals surface area contributed by atoms with Gasteiger partial charge in [0, 0.05) is 38.1 Å². The lowest BCUT2D eigenvalue weighted by Gasteiger charge is -2.25. The summed E-state index contributed by atoms with van der Waals surface area (Å²) in [5.74, 6) is 0.0526. The number of hydrogen-bond acceptors (Lipinski definition) is 4. The minimum Gasteiger partial charge on any atom is -0.350 e. The molecule has 6 nitrogen and oxygen atoms in total. The topological polar surface area (TPSA) is 71.0 Å². The monoisotopic (exact) mass is 237 g/mol. The van der Waals surface area contributed by atoms with Crippen LogP contribution in [0, 0.1) is 0 Å². The van der Waals surface area contributed by atoms with Gasteiger partial charge in [-0.05, 0) is 13.0 Å². The lowest BCUT2D eigenvalue weighted by Crippen LogP contribution is -2.57. The predicted molar refractivity (Wildman–Crippen MR) is 64.5 cm³/mol. The Labute approximate surface area is 101 Å². The molecule has 2 heterocycles. The summed E-state index contributed by atoms with van der Waals surface area (Å²) in [6.07, 6.45) is 3.63. The maximum absolute atomic E-state index is 11.9. The van der Waals surface area contributed by atoms with Crippen LogP contribution in [0.4, 0.5) is 0 Å². The number of carbonyl (C=O) groups excluding carboxylic acids is 1. The number of aromatic nitrogens is 2. The van der Waals surface area contributed by atoms with Gasteiger partial charge in [-0.1, -0.05) is 0 Å². The standard InChI is InChI=1S/C11H19N5O/c1-9(8-16-6-2-3-14-16)15-11(17)10-7-12-4-5-13-10/h2-3,6,9-10,12-13H,4-5,7-8H2,1H3,(H,15,17). The van der Waals surface area contributed by atoms with Gasteiger partial charge in [-0.3, -0.25) is 9.48 Å². The fourth-order valence-electron chi connectivity index (χ4n) is 1.92. The Morgan fingerprint density at radius 2 is 2.53 bits per heavy atom. The number of nitrogens with zero attached hydrogens (tertiary/aromatic N) is 2. The van der Waals surface area contributed by atoms with Crippen LogP contribution in [0.25, 0.3) is 0 Å². The van der Waals surface area contributed by atoms with E-state index in [1.165, 1.54) is 0 Å². The molecule has 6 heteroatoms. The third kappa shape index (κ3) is 3.54. The van der Waals surface area contributed by atoms with Gasteiger partial charge in [-0.2, -0.15) is 5.10 Å². The minimum absolute atomic E-state index is 0.0526. The Balaban J connectivity index is 1.77. The number of amides is 1. The molecule has 1 saturated heterocycles. The number of hydrogen-bond donors (Lipinski definition) is 3. The molecule has 2 rings (SSSR count). The average Bonchev–Trinajstić information content (AvgIpc) is 2.82. The van der Waals surface area contributed by atoms with Gasteiger partial charge in [-0.15, -0.1) is 0 Å². The fourth-order valence-corrected chi connectivity index (χ4v) is 1.92. The van der Waals surface area contributed by atoms with Gasteiger partial charge in [0.1, 0.15) is 0 Å². The van der Waals surface area contributed by atoms with Crippen molar-refractivity contribution in [1.82, 2.24) is 25.7 Å². The Kier molecular flexibility index (Phi) is 4.11. The molecule has 2 atom stereocenters. The molecule has 0 saturated carbocycles. The Bertz CT molecular complexity index is 345. The molecule has 1 aromatic heterocycles. The van der Waals surface area contributed by atoms with Gasteiger partial charge in [0.05, 0.1) is 12.6 Å². The van der Waals surface area contributed by atoms with Crippen molar-refractivity contribution in [1.29, 1.82) is 0 Å². The molecule has 1 aliphatic heterocycles. The van der Waals surface area contributed by atoms with Crippen LogP contribution >= 0.6 is 0 Å². The largest absolute Gasteiger partial charge is 0.350 e. The van der Waals surface area contributed by atoms with Crippen molar-refractivity contribution in [3.05, 3.63) is 18.5 Å². The molecule has 0 aliphatic carbocycles. The number of piperazine rings is 1. The predicted octanol–water partition coefficient (Wildman–Crippen LogP) is -1.05. The molecule has 94 valence electrons. The van der Waals surface area contributed by atoms with Crippen molar-refractivity contribution in [2.45, 2.75) is 25.6 Å². The van der Waals surface area contributed by atoms with Crippen LogP contribution < -0.4 is 16.0 Å². The summed E-state index contributed by atoms with van der Waals surface area (Å²) in [6.45, 7) is 5.13. The third-order valence-corrected chi connectivity index (χ3v) is 2.77. The van der Waals surface area contributed by atoms with Crippen molar-refractivity contribution in [3.8, 4) is 0 Å². The van der Waals surface area contributed by atoms with E-state index in [9.17, 15) is 4.79 Å². The highest BCUT2D eigenvalue weighted by atomic mass is 16.2. The van der Waals surface area contributed by atoms with Crippen molar-refractivity contribution in [3.63, 3.8) is 0 Å². The van der Waals surface area contributed by atoms with E-state index >= 15 is 0 Å². The summed E-state index contributed by atoms with van der Waals surface area (Å²) in [6, 6.07) is 1.83. The van der Waals surface area contributed by atoms with Gasteiger partial charge in [0.25, 0.3) is 0 Å². The second-order valence-electron chi connectivity index (χ2n) is 4.35. The van der Waals surface area contributed by atoms with E-state index < -0.39 is 0 Å². The van der Waals surface area contributed by atoms with E-state index in [0.717, 1.165) is 13.1 Å². The van der Waals surface area contributed by atoms with Crippen molar-refractivity contribution >= 4 is 5.91 Å². The Morgan fingerprint density at radius 1 is 1.65 bits per heavy atom. The van der Waals surface area contributed by atoms with E-state index in [2.05, 4.69) is 21.0 Å². The van der Waals surface area contributed by atoms with Crippen LogP contribution in [-0.4, -0.2) is 47.4 Å². The average molecular weight is 237 g/mol. The van der Waals surface area contributed by atoms with Crippen LogP contribution in [0.3, 0.4) is 0 Å². The maximum Gasteiger partial charge on any atom is 0.238 e. The number of rotatable bonds is 4. The molecule has 2 unspecified atom stereocenters. The Hall–Kier alpha value is -1.40. The summed E-state index contributed by atoms with van der Waals surface area (Å²) < 4.78 is 1.82. The minimum atomic E-state index is -0.121. The molecule has 1 aromatic rings. The molecule has 1 aliphatic rings. The van der Waals surface area contributed by atoms with E-state index in [4.69, 9.17) is 0 Å². The highest BCUT2D eigenvalue weighted by molar-refractivity contribution is 5.82. The fraction of sp³-hybridized carbons (Fsp3) is 0.636. The first-order chi connectivity index (χ1) is 8.25. The highest BCUT2D eigenvalue weighted by Crippen LogP contribution is 1.93. The molecule has 1 amide bonds. The van der Waals surface area contributed by atoms with E-state index in [0.29, 0.717) is 13.1 Å². The van der Waals surface area contributed by atoms with Gasteiger partial charge in [-0.25, -0.2) is 0 Å². The number of carbonyl (C=O) groups is 1. The molecular formula is C11H19N5O. The first kappa shape index (κ1) is 12.1. The summed E-state index contributed by atoms with van der Waals surface area (Å²) >= 11 is 0. The SMILES string of the molecule is CC(Cn1cccn1)NC(=O)C1CNCCN1. The normalized spacial score (nSPS) is 22.1. The molecule has 3 N–H and O–H groups in total. The van der Waals surface area contributed by atoms with Gasteiger partial charge >= 0.3 is 0 Å². The lowest BCUT2D eigenvalue weighted by molar-refractivity contribution is -0.124. The molecule has 0 spiro atoms. The van der Waals surface area contributed by atoms with Gasteiger partial charge in [0.15, 0.2) is 0 Å².